The van der Waals surface area contributed by atoms with E-state index in [0.29, 0.717) is 22.8 Å². The number of hydrogen-bond acceptors (Lipinski definition) is 5. The molecular formula is C17H15FN8. The molecule has 4 heterocycles. The molecule has 0 saturated carbocycles. The molecule has 0 amide bonds. The maximum atomic E-state index is 14.4. The van der Waals surface area contributed by atoms with Gasteiger partial charge in [0.2, 0.25) is 0 Å². The lowest BCUT2D eigenvalue weighted by atomic mass is 9.93. The zero-order valence-corrected chi connectivity index (χ0v) is 14.4. The van der Waals surface area contributed by atoms with Gasteiger partial charge in [0, 0.05) is 10.8 Å². The lowest BCUT2D eigenvalue weighted by Crippen LogP contribution is -2.19. The van der Waals surface area contributed by atoms with E-state index in [-0.39, 0.29) is 5.41 Å². The van der Waals surface area contributed by atoms with Gasteiger partial charge in [0.1, 0.15) is 5.65 Å². The van der Waals surface area contributed by atoms with Crippen LogP contribution in [0.25, 0.3) is 28.1 Å². The molecule has 1 aromatic carbocycles. The summed E-state index contributed by atoms with van der Waals surface area (Å²) >= 11 is 0. The van der Waals surface area contributed by atoms with E-state index in [1.807, 2.05) is 24.3 Å². The van der Waals surface area contributed by atoms with Crippen molar-refractivity contribution in [1.29, 1.82) is 0 Å². The van der Waals surface area contributed by atoms with Crippen molar-refractivity contribution < 1.29 is 4.39 Å². The summed E-state index contributed by atoms with van der Waals surface area (Å²) in [5.41, 5.74) is 2.48. The smallest absolute Gasteiger partial charge is 0.253 e. The van der Waals surface area contributed by atoms with Crippen molar-refractivity contribution in [3.8, 4) is 5.95 Å². The van der Waals surface area contributed by atoms with Gasteiger partial charge in [-0.15, -0.1) is 15.3 Å². The van der Waals surface area contributed by atoms with E-state index in [0.717, 1.165) is 11.1 Å². The highest BCUT2D eigenvalue weighted by Crippen LogP contribution is 2.27. The Bertz CT molecular complexity index is 1290. The highest BCUT2D eigenvalue weighted by molar-refractivity contribution is 5.94. The molecule has 0 fully saturated rings. The maximum Gasteiger partial charge on any atom is 0.295 e. The van der Waals surface area contributed by atoms with E-state index in [1.165, 1.54) is 10.6 Å². The van der Waals surface area contributed by atoms with Gasteiger partial charge in [-0.05, 0) is 12.1 Å². The Hall–Kier alpha value is -3.36. The summed E-state index contributed by atoms with van der Waals surface area (Å²) < 4.78 is 19.3. The van der Waals surface area contributed by atoms with Crippen molar-refractivity contribution >= 4 is 22.2 Å². The summed E-state index contributed by atoms with van der Waals surface area (Å²) in [4.78, 5) is 3.84. The topological polar surface area (TPSA) is 78.2 Å². The van der Waals surface area contributed by atoms with Gasteiger partial charge >= 0.3 is 0 Å². The van der Waals surface area contributed by atoms with Crippen molar-refractivity contribution in [2.24, 2.45) is 0 Å². The third-order valence-electron chi connectivity index (χ3n) is 4.47. The molecule has 5 aromatic rings. The number of para-hydroxylation sites is 1. The van der Waals surface area contributed by atoms with Gasteiger partial charge in [0.05, 0.1) is 23.6 Å². The highest BCUT2D eigenvalue weighted by atomic mass is 19.1. The van der Waals surface area contributed by atoms with Crippen LogP contribution in [0.5, 0.6) is 0 Å². The molecule has 0 bridgehead atoms. The van der Waals surface area contributed by atoms with Crippen molar-refractivity contribution in [3.05, 3.63) is 48.4 Å². The summed E-state index contributed by atoms with van der Waals surface area (Å²) in [6.45, 7) is 6.19. The van der Waals surface area contributed by atoms with E-state index in [9.17, 15) is 4.39 Å². The second kappa shape index (κ2) is 4.84. The molecular weight excluding hydrogens is 335 g/mol. The van der Waals surface area contributed by atoms with Crippen LogP contribution >= 0.6 is 0 Å². The van der Waals surface area contributed by atoms with Crippen LogP contribution in [-0.4, -0.2) is 39.0 Å². The van der Waals surface area contributed by atoms with Crippen LogP contribution in [0.4, 0.5) is 4.39 Å². The van der Waals surface area contributed by atoms with Crippen LogP contribution in [0.15, 0.2) is 36.7 Å². The number of hydrogen-bond donors (Lipinski definition) is 0. The number of imidazole rings is 1. The quantitative estimate of drug-likeness (QED) is 0.464. The third-order valence-corrected chi connectivity index (χ3v) is 4.47. The molecule has 0 unspecified atom stereocenters. The third kappa shape index (κ3) is 1.85. The minimum absolute atomic E-state index is 0.200. The van der Waals surface area contributed by atoms with Crippen molar-refractivity contribution in [1.82, 2.24) is 39.0 Å². The zero-order valence-electron chi connectivity index (χ0n) is 14.4. The lowest BCUT2D eigenvalue weighted by Gasteiger charge is -2.18. The average Bonchev–Trinajstić information content (AvgIpc) is 3.31. The molecule has 0 saturated heterocycles. The molecule has 5 rings (SSSR count). The first kappa shape index (κ1) is 14.9. The van der Waals surface area contributed by atoms with Gasteiger partial charge in [-0.3, -0.25) is 4.40 Å². The predicted octanol–water partition coefficient (Wildman–Crippen LogP) is 2.55. The number of rotatable bonds is 1. The first-order valence-electron chi connectivity index (χ1n) is 8.17. The van der Waals surface area contributed by atoms with Gasteiger partial charge in [0.15, 0.2) is 5.65 Å². The Kier molecular flexibility index (Phi) is 2.78. The van der Waals surface area contributed by atoms with E-state index in [1.54, 1.807) is 15.3 Å². The summed E-state index contributed by atoms with van der Waals surface area (Å²) in [6.07, 6.45) is 2.58. The van der Waals surface area contributed by atoms with Crippen LogP contribution in [0.1, 0.15) is 26.5 Å². The van der Waals surface area contributed by atoms with Gasteiger partial charge < -0.3 is 0 Å². The van der Waals surface area contributed by atoms with Crippen LogP contribution in [-0.2, 0) is 5.41 Å². The monoisotopic (exact) mass is 350 g/mol. The SMILES string of the molecule is CC(C)(C)c1cnnn1-c1nnc2c3ccccc3n3c(F)ncc3n12. The van der Waals surface area contributed by atoms with Crippen molar-refractivity contribution in [2.75, 3.05) is 0 Å². The molecule has 0 spiro atoms. The minimum Gasteiger partial charge on any atom is -0.253 e. The predicted molar refractivity (Wildman–Crippen MR) is 92.8 cm³/mol. The van der Waals surface area contributed by atoms with Gasteiger partial charge in [-0.1, -0.05) is 38.1 Å². The lowest BCUT2D eigenvalue weighted by molar-refractivity contribution is 0.533. The average molecular weight is 350 g/mol. The van der Waals surface area contributed by atoms with Crippen LogP contribution in [0.3, 0.4) is 0 Å². The fraction of sp³-hybridized carbons (Fsp3) is 0.235. The number of aromatic nitrogens is 8. The first-order chi connectivity index (χ1) is 12.5. The molecule has 0 atom stereocenters. The zero-order chi connectivity index (χ0) is 18.1. The summed E-state index contributed by atoms with van der Waals surface area (Å²) in [5, 5.41) is 17.7. The summed E-state index contributed by atoms with van der Waals surface area (Å²) in [7, 11) is 0. The molecule has 0 aliphatic rings. The molecule has 0 N–H and O–H groups in total. The van der Waals surface area contributed by atoms with Gasteiger partial charge in [-0.25, -0.2) is 9.38 Å². The van der Waals surface area contributed by atoms with Crippen molar-refractivity contribution in [3.63, 3.8) is 0 Å². The van der Waals surface area contributed by atoms with Crippen molar-refractivity contribution in [2.45, 2.75) is 26.2 Å². The number of halogens is 1. The Morgan fingerprint density at radius 3 is 2.62 bits per heavy atom. The molecule has 8 nitrogen and oxygen atoms in total. The second-order valence-electron chi connectivity index (χ2n) is 7.18. The Morgan fingerprint density at radius 1 is 1.00 bits per heavy atom. The highest BCUT2D eigenvalue weighted by Gasteiger charge is 2.25. The summed E-state index contributed by atoms with van der Waals surface area (Å²) in [5.74, 6) is 0.443. The number of benzene rings is 1. The van der Waals surface area contributed by atoms with Gasteiger partial charge in [0.25, 0.3) is 12.0 Å². The van der Waals surface area contributed by atoms with E-state index < -0.39 is 6.08 Å². The molecule has 9 heteroatoms. The summed E-state index contributed by atoms with van der Waals surface area (Å²) in [6, 6.07) is 7.45. The fourth-order valence-electron chi connectivity index (χ4n) is 3.25. The van der Waals surface area contributed by atoms with Crippen LogP contribution in [0.2, 0.25) is 0 Å². The molecule has 0 aliphatic carbocycles. The fourth-order valence-corrected chi connectivity index (χ4v) is 3.25. The van der Waals surface area contributed by atoms with Crippen LogP contribution in [0, 0.1) is 6.08 Å². The Morgan fingerprint density at radius 2 is 1.81 bits per heavy atom. The normalized spacial score (nSPS) is 12.6. The van der Waals surface area contributed by atoms with E-state index in [4.69, 9.17) is 0 Å². The standard InChI is InChI=1S/C17H15FN8/c1-17(2,3)12-8-20-23-26(12)16-22-21-14-10-6-4-5-7-11(10)24-13(25(14)16)9-19-15(24)18/h4-9H,1-3H3. The number of nitrogens with zero attached hydrogens (tertiary/aromatic N) is 8. The molecule has 0 aliphatic heterocycles. The molecule has 130 valence electrons. The molecule has 4 aromatic heterocycles. The maximum absolute atomic E-state index is 14.4. The van der Waals surface area contributed by atoms with Gasteiger partial charge in [-0.2, -0.15) is 9.07 Å². The molecule has 0 radical (unpaired) electrons. The largest absolute Gasteiger partial charge is 0.295 e. The minimum atomic E-state index is -0.590. The Labute approximate surface area is 146 Å². The second-order valence-corrected chi connectivity index (χ2v) is 7.18. The molecule has 26 heavy (non-hydrogen) atoms. The van der Waals surface area contributed by atoms with Crippen LogP contribution < -0.4 is 0 Å². The Balaban J connectivity index is 1.98. The number of fused-ring (bicyclic) bond motifs is 6. The van der Waals surface area contributed by atoms with E-state index >= 15 is 0 Å². The van der Waals surface area contributed by atoms with E-state index in [2.05, 4.69) is 46.3 Å². The first-order valence-corrected chi connectivity index (χ1v) is 8.17.